The van der Waals surface area contributed by atoms with Crippen LogP contribution in [0, 0.1) is 0 Å². The van der Waals surface area contributed by atoms with Gasteiger partial charge in [0.05, 0.1) is 11.3 Å². The molecular weight excluding hydrogens is 262 g/mol. The third-order valence-electron chi connectivity index (χ3n) is 3.18. The number of nitrogens with zero attached hydrogens (tertiary/aromatic N) is 1. The predicted octanol–water partition coefficient (Wildman–Crippen LogP) is 1.48. The lowest BCUT2D eigenvalue weighted by atomic mass is 10.1. The van der Waals surface area contributed by atoms with E-state index in [1.165, 1.54) is 10.6 Å². The van der Waals surface area contributed by atoms with Crippen LogP contribution in [0.5, 0.6) is 11.5 Å². The number of carbonyl (C=O) groups is 1. The minimum absolute atomic E-state index is 0.0410. The van der Waals surface area contributed by atoms with Crippen LogP contribution in [0.25, 0.3) is 11.3 Å². The number of aromatic carboxylic acids is 1. The van der Waals surface area contributed by atoms with Crippen molar-refractivity contribution in [3.05, 3.63) is 46.2 Å². The highest BCUT2D eigenvalue weighted by atomic mass is 16.7. The van der Waals surface area contributed by atoms with E-state index in [2.05, 4.69) is 0 Å². The molecule has 0 unspecified atom stereocenters. The smallest absolute Gasteiger partial charge is 0.335 e. The summed E-state index contributed by atoms with van der Waals surface area (Å²) < 4.78 is 11.9. The summed E-state index contributed by atoms with van der Waals surface area (Å²) in [5.41, 5.74) is 0.781. The summed E-state index contributed by atoms with van der Waals surface area (Å²) in [5, 5.41) is 9.03. The van der Waals surface area contributed by atoms with Gasteiger partial charge in [-0.25, -0.2) is 4.79 Å². The van der Waals surface area contributed by atoms with Crippen LogP contribution in [0.4, 0.5) is 0 Å². The van der Waals surface area contributed by atoms with E-state index in [4.69, 9.17) is 14.6 Å². The molecule has 1 aromatic carbocycles. The van der Waals surface area contributed by atoms with Crippen molar-refractivity contribution in [3.63, 3.8) is 0 Å². The standard InChI is InChI=1S/C14H11NO5/c1-15-10(4-9(14(17)18)6-13(15)16)8-2-3-11-12(5-8)20-7-19-11/h2-6H,7H2,1H3,(H,17,18). The first kappa shape index (κ1) is 12.3. The minimum Gasteiger partial charge on any atom is -0.478 e. The average molecular weight is 273 g/mol. The maximum atomic E-state index is 11.8. The molecule has 102 valence electrons. The number of aromatic nitrogens is 1. The van der Waals surface area contributed by atoms with Gasteiger partial charge < -0.3 is 19.1 Å². The van der Waals surface area contributed by atoms with Crippen LogP contribution in [0.2, 0.25) is 0 Å². The van der Waals surface area contributed by atoms with E-state index in [-0.39, 0.29) is 17.9 Å². The van der Waals surface area contributed by atoms with E-state index in [1.54, 1.807) is 25.2 Å². The Kier molecular flexibility index (Phi) is 2.71. The van der Waals surface area contributed by atoms with E-state index in [0.29, 0.717) is 22.8 Å². The van der Waals surface area contributed by atoms with Gasteiger partial charge in [-0.05, 0) is 24.3 Å². The summed E-state index contributed by atoms with van der Waals surface area (Å²) in [4.78, 5) is 22.9. The highest BCUT2D eigenvalue weighted by Gasteiger charge is 2.16. The molecule has 1 N–H and O–H groups in total. The molecule has 0 bridgehead atoms. The third kappa shape index (κ3) is 1.91. The first-order valence-electron chi connectivity index (χ1n) is 5.90. The van der Waals surface area contributed by atoms with Crippen molar-refractivity contribution in [2.75, 3.05) is 6.79 Å². The van der Waals surface area contributed by atoms with Gasteiger partial charge in [-0.15, -0.1) is 0 Å². The van der Waals surface area contributed by atoms with Gasteiger partial charge in [0.15, 0.2) is 11.5 Å². The Bertz CT molecular complexity index is 763. The first-order chi connectivity index (χ1) is 9.56. The van der Waals surface area contributed by atoms with Crippen molar-refractivity contribution in [3.8, 4) is 22.8 Å². The van der Waals surface area contributed by atoms with Crippen molar-refractivity contribution >= 4 is 5.97 Å². The number of carboxylic acids is 1. The SMILES string of the molecule is Cn1c(-c2ccc3c(c2)OCO3)cc(C(=O)O)cc1=O. The number of rotatable bonds is 2. The first-order valence-corrected chi connectivity index (χ1v) is 5.90. The topological polar surface area (TPSA) is 77.8 Å². The van der Waals surface area contributed by atoms with E-state index in [1.807, 2.05) is 0 Å². The monoisotopic (exact) mass is 273 g/mol. The summed E-state index contributed by atoms with van der Waals surface area (Å²) in [6.07, 6.45) is 0. The molecule has 1 aromatic heterocycles. The molecule has 3 rings (SSSR count). The van der Waals surface area contributed by atoms with Gasteiger partial charge >= 0.3 is 5.97 Å². The Morgan fingerprint density at radius 1 is 1.20 bits per heavy atom. The molecule has 0 fully saturated rings. The maximum absolute atomic E-state index is 11.8. The Labute approximate surface area is 113 Å². The molecule has 0 atom stereocenters. The van der Waals surface area contributed by atoms with Crippen molar-refractivity contribution in [2.45, 2.75) is 0 Å². The molecule has 6 heteroatoms. The van der Waals surface area contributed by atoms with Crippen LogP contribution in [0.15, 0.2) is 35.1 Å². The second-order valence-corrected chi connectivity index (χ2v) is 4.40. The van der Waals surface area contributed by atoms with Crippen molar-refractivity contribution in [1.82, 2.24) is 4.57 Å². The van der Waals surface area contributed by atoms with Gasteiger partial charge in [0.2, 0.25) is 6.79 Å². The molecule has 1 aliphatic rings. The fraction of sp³-hybridized carbons (Fsp3) is 0.143. The fourth-order valence-electron chi connectivity index (χ4n) is 2.09. The molecule has 20 heavy (non-hydrogen) atoms. The Balaban J connectivity index is 2.19. The number of hydrogen-bond acceptors (Lipinski definition) is 4. The summed E-state index contributed by atoms with van der Waals surface area (Å²) in [5.74, 6) is 0.0773. The molecule has 6 nitrogen and oxygen atoms in total. The van der Waals surface area contributed by atoms with Gasteiger partial charge in [-0.3, -0.25) is 4.79 Å². The van der Waals surface area contributed by atoms with E-state index in [9.17, 15) is 9.59 Å². The average Bonchev–Trinajstić information content (AvgIpc) is 2.88. The van der Waals surface area contributed by atoms with Crippen LogP contribution in [-0.4, -0.2) is 22.4 Å². The van der Waals surface area contributed by atoms with Crippen LogP contribution in [0.3, 0.4) is 0 Å². The largest absolute Gasteiger partial charge is 0.478 e. The van der Waals surface area contributed by atoms with Crippen molar-refractivity contribution in [2.24, 2.45) is 7.05 Å². The Morgan fingerprint density at radius 3 is 2.70 bits per heavy atom. The fourth-order valence-corrected chi connectivity index (χ4v) is 2.09. The lowest BCUT2D eigenvalue weighted by molar-refractivity contribution is 0.0696. The highest BCUT2D eigenvalue weighted by Crippen LogP contribution is 2.35. The number of benzene rings is 1. The molecular formula is C14H11NO5. The summed E-state index contributed by atoms with van der Waals surface area (Å²) >= 11 is 0. The van der Waals surface area contributed by atoms with E-state index in [0.717, 1.165) is 6.07 Å². The molecule has 0 saturated heterocycles. The number of ether oxygens (including phenoxy) is 2. The normalized spacial score (nSPS) is 12.4. The summed E-state index contributed by atoms with van der Waals surface area (Å²) in [6, 6.07) is 7.77. The van der Waals surface area contributed by atoms with Crippen molar-refractivity contribution in [1.29, 1.82) is 0 Å². The zero-order valence-electron chi connectivity index (χ0n) is 10.6. The quantitative estimate of drug-likeness (QED) is 0.896. The molecule has 2 heterocycles. The van der Waals surface area contributed by atoms with E-state index < -0.39 is 5.97 Å². The Morgan fingerprint density at radius 2 is 1.95 bits per heavy atom. The lowest BCUT2D eigenvalue weighted by Gasteiger charge is -2.10. The van der Waals surface area contributed by atoms with Gasteiger partial charge in [-0.2, -0.15) is 0 Å². The molecule has 2 aromatic rings. The van der Waals surface area contributed by atoms with Gasteiger partial charge in [0.1, 0.15) is 0 Å². The van der Waals surface area contributed by atoms with Gasteiger partial charge in [-0.1, -0.05) is 0 Å². The molecule has 1 aliphatic heterocycles. The summed E-state index contributed by atoms with van der Waals surface area (Å²) in [6.45, 7) is 0.160. The lowest BCUT2D eigenvalue weighted by Crippen LogP contribution is -2.19. The zero-order valence-corrected chi connectivity index (χ0v) is 10.6. The second kappa shape index (κ2) is 4.41. The number of fused-ring (bicyclic) bond motifs is 1. The molecule has 0 radical (unpaired) electrons. The molecule has 0 spiro atoms. The van der Waals surface area contributed by atoms with Gasteiger partial charge in [0, 0.05) is 18.7 Å². The summed E-state index contributed by atoms with van der Waals surface area (Å²) in [7, 11) is 1.59. The molecule has 0 saturated carbocycles. The highest BCUT2D eigenvalue weighted by molar-refractivity contribution is 5.89. The van der Waals surface area contributed by atoms with Crippen LogP contribution >= 0.6 is 0 Å². The van der Waals surface area contributed by atoms with Gasteiger partial charge in [0.25, 0.3) is 5.56 Å². The Hall–Kier alpha value is -2.76. The molecule has 0 aliphatic carbocycles. The van der Waals surface area contributed by atoms with Crippen LogP contribution in [-0.2, 0) is 7.05 Å². The van der Waals surface area contributed by atoms with Crippen LogP contribution in [0.1, 0.15) is 10.4 Å². The molecule has 0 amide bonds. The second-order valence-electron chi connectivity index (χ2n) is 4.40. The zero-order chi connectivity index (χ0) is 14.3. The predicted molar refractivity (Wildman–Crippen MR) is 70.2 cm³/mol. The minimum atomic E-state index is -1.13. The van der Waals surface area contributed by atoms with E-state index >= 15 is 0 Å². The number of pyridine rings is 1. The maximum Gasteiger partial charge on any atom is 0.335 e. The van der Waals surface area contributed by atoms with Crippen LogP contribution < -0.4 is 15.0 Å². The number of carboxylic acid groups (broad SMARTS) is 1. The third-order valence-corrected chi connectivity index (χ3v) is 3.18. The number of hydrogen-bond donors (Lipinski definition) is 1. The van der Waals surface area contributed by atoms with Crippen molar-refractivity contribution < 1.29 is 19.4 Å².